The van der Waals surface area contributed by atoms with Crippen molar-refractivity contribution in [2.45, 2.75) is 64.0 Å². The van der Waals surface area contributed by atoms with Gasteiger partial charge in [-0.3, -0.25) is 0 Å². The normalized spacial score (nSPS) is 19.9. The summed E-state index contributed by atoms with van der Waals surface area (Å²) in [7, 11) is 1.88. The predicted molar refractivity (Wildman–Crippen MR) is 85.3 cm³/mol. The van der Waals surface area contributed by atoms with Gasteiger partial charge in [0.15, 0.2) is 0 Å². The van der Waals surface area contributed by atoms with Crippen molar-refractivity contribution in [2.24, 2.45) is 5.92 Å². The monoisotopic (exact) mass is 296 g/mol. The van der Waals surface area contributed by atoms with Gasteiger partial charge in [0, 0.05) is 31.1 Å². The molecule has 1 fully saturated rings. The molecule has 2 rings (SSSR count). The first kappa shape index (κ1) is 15.9. The summed E-state index contributed by atoms with van der Waals surface area (Å²) in [5.74, 6) is 0.711. The minimum absolute atomic E-state index is 0.325. The van der Waals surface area contributed by atoms with Crippen LogP contribution in [-0.4, -0.2) is 30.8 Å². The fourth-order valence-corrected chi connectivity index (χ4v) is 4.00. The standard InChI is InChI=1S/C16H28N2OS/c1-3-9-17-14(12-15-18-10-11-20-15)16(19-2)13-7-5-4-6-8-13/h10-11,13-14,16-17H,3-9,12H2,1-2H3. The van der Waals surface area contributed by atoms with E-state index in [2.05, 4.69) is 22.6 Å². The summed E-state index contributed by atoms with van der Waals surface area (Å²) in [5, 5.41) is 6.98. The Hall–Kier alpha value is -0.450. The van der Waals surface area contributed by atoms with Gasteiger partial charge in [0.25, 0.3) is 0 Å². The molecule has 0 aliphatic heterocycles. The number of nitrogens with one attached hydrogen (secondary N) is 1. The van der Waals surface area contributed by atoms with E-state index in [1.165, 1.54) is 37.1 Å². The summed E-state index contributed by atoms with van der Waals surface area (Å²) >= 11 is 1.75. The van der Waals surface area contributed by atoms with E-state index in [0.717, 1.165) is 19.4 Å². The number of aromatic nitrogens is 1. The van der Waals surface area contributed by atoms with Crippen LogP contribution in [0.25, 0.3) is 0 Å². The van der Waals surface area contributed by atoms with E-state index in [9.17, 15) is 0 Å². The van der Waals surface area contributed by atoms with Crippen LogP contribution in [0.4, 0.5) is 0 Å². The predicted octanol–water partition coefficient (Wildman–Crippen LogP) is 3.65. The molecular formula is C16H28N2OS. The maximum Gasteiger partial charge on any atom is 0.0941 e. The van der Waals surface area contributed by atoms with Gasteiger partial charge >= 0.3 is 0 Å². The van der Waals surface area contributed by atoms with Crippen LogP contribution < -0.4 is 5.32 Å². The lowest BCUT2D eigenvalue weighted by Crippen LogP contribution is -2.47. The Balaban J connectivity index is 2.01. The molecule has 1 aliphatic rings. The number of ether oxygens (including phenoxy) is 1. The molecule has 1 aromatic rings. The van der Waals surface area contributed by atoms with E-state index < -0.39 is 0 Å². The van der Waals surface area contributed by atoms with Crippen LogP contribution in [0.2, 0.25) is 0 Å². The van der Waals surface area contributed by atoms with Crippen molar-refractivity contribution < 1.29 is 4.74 Å². The highest BCUT2D eigenvalue weighted by Gasteiger charge is 2.30. The first-order valence-corrected chi connectivity index (χ1v) is 8.87. The molecule has 114 valence electrons. The average Bonchev–Trinajstić information content (AvgIpc) is 2.99. The van der Waals surface area contributed by atoms with Crippen molar-refractivity contribution in [3.8, 4) is 0 Å². The lowest BCUT2D eigenvalue weighted by Gasteiger charge is -2.35. The van der Waals surface area contributed by atoms with Crippen molar-refractivity contribution in [2.75, 3.05) is 13.7 Å². The van der Waals surface area contributed by atoms with Gasteiger partial charge in [-0.05, 0) is 31.7 Å². The second kappa shape index (κ2) is 8.75. The highest BCUT2D eigenvalue weighted by Crippen LogP contribution is 2.30. The van der Waals surface area contributed by atoms with Crippen molar-refractivity contribution in [3.05, 3.63) is 16.6 Å². The summed E-state index contributed by atoms with van der Waals surface area (Å²) in [6, 6.07) is 0.397. The summed E-state index contributed by atoms with van der Waals surface area (Å²) in [4.78, 5) is 4.45. The first-order chi connectivity index (χ1) is 9.85. The Morgan fingerprint density at radius 1 is 1.40 bits per heavy atom. The maximum atomic E-state index is 5.91. The molecule has 1 heterocycles. The van der Waals surface area contributed by atoms with Gasteiger partial charge < -0.3 is 10.1 Å². The van der Waals surface area contributed by atoms with Crippen molar-refractivity contribution in [1.82, 2.24) is 10.3 Å². The molecule has 3 nitrogen and oxygen atoms in total. The zero-order valence-corrected chi connectivity index (χ0v) is 13.6. The maximum absolute atomic E-state index is 5.91. The summed E-state index contributed by atoms with van der Waals surface area (Å²) in [6.07, 6.45) is 11.1. The zero-order valence-electron chi connectivity index (χ0n) is 12.8. The molecule has 0 radical (unpaired) electrons. The molecule has 1 aliphatic carbocycles. The van der Waals surface area contributed by atoms with Gasteiger partial charge in [-0.2, -0.15) is 0 Å². The van der Waals surface area contributed by atoms with Crippen LogP contribution in [0.3, 0.4) is 0 Å². The van der Waals surface area contributed by atoms with Crippen LogP contribution in [0, 0.1) is 5.92 Å². The first-order valence-electron chi connectivity index (χ1n) is 7.99. The summed E-state index contributed by atoms with van der Waals surface area (Å²) in [6.45, 7) is 3.28. The largest absolute Gasteiger partial charge is 0.380 e. The number of hydrogen-bond acceptors (Lipinski definition) is 4. The highest BCUT2D eigenvalue weighted by molar-refractivity contribution is 7.09. The molecule has 0 spiro atoms. The van der Waals surface area contributed by atoms with Gasteiger partial charge in [0.1, 0.15) is 0 Å². The van der Waals surface area contributed by atoms with Gasteiger partial charge in [-0.15, -0.1) is 11.3 Å². The third kappa shape index (κ3) is 4.54. The molecular weight excluding hydrogens is 268 g/mol. The van der Waals surface area contributed by atoms with E-state index in [4.69, 9.17) is 4.74 Å². The number of hydrogen-bond donors (Lipinski definition) is 1. The van der Waals surface area contributed by atoms with Gasteiger partial charge in [0.2, 0.25) is 0 Å². The Kier molecular flexibility index (Phi) is 6.97. The van der Waals surface area contributed by atoms with Crippen LogP contribution in [0.15, 0.2) is 11.6 Å². The van der Waals surface area contributed by atoms with E-state index in [1.54, 1.807) is 11.3 Å². The second-order valence-corrected chi connectivity index (χ2v) is 6.77. The smallest absolute Gasteiger partial charge is 0.0941 e. The van der Waals surface area contributed by atoms with Gasteiger partial charge in [-0.1, -0.05) is 26.2 Å². The van der Waals surface area contributed by atoms with Crippen molar-refractivity contribution in [1.29, 1.82) is 0 Å². The van der Waals surface area contributed by atoms with Crippen LogP contribution >= 0.6 is 11.3 Å². The fraction of sp³-hybridized carbons (Fsp3) is 0.812. The molecule has 2 atom stereocenters. The molecule has 0 amide bonds. The summed E-state index contributed by atoms with van der Waals surface area (Å²) < 4.78 is 5.91. The fourth-order valence-electron chi connectivity index (χ4n) is 3.32. The zero-order chi connectivity index (χ0) is 14.2. The summed E-state index contributed by atoms with van der Waals surface area (Å²) in [5.41, 5.74) is 0. The highest BCUT2D eigenvalue weighted by atomic mass is 32.1. The van der Waals surface area contributed by atoms with Crippen LogP contribution in [0.5, 0.6) is 0 Å². The third-order valence-electron chi connectivity index (χ3n) is 4.32. The number of thiazole rings is 1. The molecule has 0 aromatic carbocycles. The average molecular weight is 296 g/mol. The Bertz CT molecular complexity index is 349. The SMILES string of the molecule is CCCNC(Cc1nccs1)C(OC)C1CCCCC1. The van der Waals surface area contributed by atoms with Gasteiger partial charge in [0.05, 0.1) is 11.1 Å². The molecule has 0 bridgehead atoms. The quantitative estimate of drug-likeness (QED) is 0.795. The number of methoxy groups -OCH3 is 1. The van der Waals surface area contributed by atoms with Crippen LogP contribution in [0.1, 0.15) is 50.5 Å². The minimum Gasteiger partial charge on any atom is -0.380 e. The third-order valence-corrected chi connectivity index (χ3v) is 5.12. The molecule has 20 heavy (non-hydrogen) atoms. The number of nitrogens with zero attached hydrogens (tertiary/aromatic N) is 1. The minimum atomic E-state index is 0.325. The lowest BCUT2D eigenvalue weighted by atomic mass is 9.82. The molecule has 1 N–H and O–H groups in total. The van der Waals surface area contributed by atoms with E-state index in [-0.39, 0.29) is 0 Å². The van der Waals surface area contributed by atoms with Crippen LogP contribution in [-0.2, 0) is 11.2 Å². The Morgan fingerprint density at radius 2 is 2.20 bits per heavy atom. The van der Waals surface area contributed by atoms with Gasteiger partial charge in [-0.25, -0.2) is 4.98 Å². The van der Waals surface area contributed by atoms with E-state index in [1.807, 2.05) is 13.3 Å². The topological polar surface area (TPSA) is 34.2 Å². The second-order valence-electron chi connectivity index (χ2n) is 5.79. The molecule has 2 unspecified atom stereocenters. The molecule has 4 heteroatoms. The number of rotatable bonds is 8. The molecule has 1 saturated carbocycles. The molecule has 0 saturated heterocycles. The Morgan fingerprint density at radius 3 is 2.80 bits per heavy atom. The van der Waals surface area contributed by atoms with Crippen molar-refractivity contribution in [3.63, 3.8) is 0 Å². The van der Waals surface area contributed by atoms with E-state index >= 15 is 0 Å². The Labute approximate surface area is 127 Å². The van der Waals surface area contributed by atoms with E-state index in [0.29, 0.717) is 18.1 Å². The van der Waals surface area contributed by atoms with Crippen molar-refractivity contribution >= 4 is 11.3 Å². The lowest BCUT2D eigenvalue weighted by molar-refractivity contribution is 0.00832. The molecule has 1 aromatic heterocycles.